The van der Waals surface area contributed by atoms with E-state index >= 15 is 0 Å². The summed E-state index contributed by atoms with van der Waals surface area (Å²) in [5.74, 6) is -0.487. The largest absolute Gasteiger partial charge is 0.463 e. The summed E-state index contributed by atoms with van der Waals surface area (Å²) in [5, 5.41) is 0.378. The SMILES string of the molecule is CC(S)CCC(=O)OCCOCCOC(=O)CCC(C)S. The van der Waals surface area contributed by atoms with Gasteiger partial charge in [0.25, 0.3) is 0 Å². The van der Waals surface area contributed by atoms with Crippen molar-refractivity contribution in [1.29, 1.82) is 0 Å². The lowest BCUT2D eigenvalue weighted by Crippen LogP contribution is -2.15. The molecule has 0 aromatic carbocycles. The molecule has 0 amide bonds. The van der Waals surface area contributed by atoms with Crippen molar-refractivity contribution < 1.29 is 23.8 Å². The van der Waals surface area contributed by atoms with E-state index in [0.29, 0.717) is 38.9 Å². The fourth-order valence-electron chi connectivity index (χ4n) is 1.33. The van der Waals surface area contributed by atoms with Crippen LogP contribution in [0.2, 0.25) is 0 Å². The highest BCUT2D eigenvalue weighted by atomic mass is 32.1. The number of rotatable bonds is 12. The number of esters is 2. The molecule has 0 heterocycles. The molecule has 0 spiro atoms. The normalized spacial score (nSPS) is 13.5. The van der Waals surface area contributed by atoms with Crippen molar-refractivity contribution in [2.75, 3.05) is 26.4 Å². The van der Waals surface area contributed by atoms with Crippen LogP contribution in [0.3, 0.4) is 0 Å². The van der Waals surface area contributed by atoms with Gasteiger partial charge >= 0.3 is 11.9 Å². The van der Waals surface area contributed by atoms with E-state index in [1.54, 1.807) is 0 Å². The Morgan fingerprint density at radius 2 is 1.19 bits per heavy atom. The maximum Gasteiger partial charge on any atom is 0.305 e. The molecule has 7 heteroatoms. The number of thiol groups is 2. The molecule has 0 rings (SSSR count). The van der Waals surface area contributed by atoms with E-state index in [1.807, 2.05) is 13.8 Å². The maximum atomic E-state index is 11.3. The Bertz CT molecular complexity index is 267. The lowest BCUT2D eigenvalue weighted by molar-refractivity contribution is -0.146. The molecule has 0 aliphatic rings. The third-order valence-corrected chi connectivity index (χ3v) is 3.03. The van der Waals surface area contributed by atoms with E-state index in [4.69, 9.17) is 14.2 Å². The minimum Gasteiger partial charge on any atom is -0.463 e. The summed E-state index contributed by atoms with van der Waals surface area (Å²) in [7, 11) is 0. The molecule has 2 unspecified atom stereocenters. The summed E-state index contributed by atoms with van der Waals surface area (Å²) >= 11 is 8.37. The van der Waals surface area contributed by atoms with Crippen LogP contribution < -0.4 is 0 Å². The van der Waals surface area contributed by atoms with Gasteiger partial charge in [-0.2, -0.15) is 25.3 Å². The summed E-state index contributed by atoms with van der Waals surface area (Å²) < 4.78 is 15.1. The molecule has 0 saturated heterocycles. The number of carbonyl (C=O) groups is 2. The summed E-state index contributed by atoms with van der Waals surface area (Å²) in [5.41, 5.74) is 0. The predicted molar refractivity (Wildman–Crippen MR) is 88.1 cm³/mol. The molecule has 0 aliphatic carbocycles. The zero-order valence-corrected chi connectivity index (χ0v) is 14.5. The van der Waals surface area contributed by atoms with Gasteiger partial charge in [0.1, 0.15) is 13.2 Å². The molecule has 124 valence electrons. The lowest BCUT2D eigenvalue weighted by atomic mass is 10.2. The van der Waals surface area contributed by atoms with Gasteiger partial charge in [-0.05, 0) is 23.3 Å². The van der Waals surface area contributed by atoms with E-state index in [1.165, 1.54) is 0 Å². The van der Waals surface area contributed by atoms with Crippen molar-refractivity contribution in [2.24, 2.45) is 0 Å². The monoisotopic (exact) mass is 338 g/mol. The molecule has 0 N–H and O–H groups in total. The van der Waals surface area contributed by atoms with Gasteiger partial charge in [-0.1, -0.05) is 13.8 Å². The minimum atomic E-state index is -0.244. The van der Waals surface area contributed by atoms with Crippen LogP contribution in [-0.2, 0) is 23.8 Å². The van der Waals surface area contributed by atoms with Crippen LogP contribution in [-0.4, -0.2) is 48.9 Å². The standard InChI is InChI=1S/C14H26O5S2/c1-11(20)3-5-13(15)18-9-7-17-8-10-19-14(16)6-4-12(2)21/h11-12,20-21H,3-10H2,1-2H3. The molecule has 0 saturated carbocycles. The molecule has 0 aromatic heterocycles. The zero-order chi connectivity index (χ0) is 16.1. The molecular formula is C14H26O5S2. The second kappa shape index (κ2) is 13.3. The first kappa shape index (κ1) is 20.6. The molecule has 2 atom stereocenters. The predicted octanol–water partition coefficient (Wildman–Crippen LogP) is 2.29. The highest BCUT2D eigenvalue weighted by Crippen LogP contribution is 2.04. The van der Waals surface area contributed by atoms with E-state index < -0.39 is 0 Å². The molecule has 0 aromatic rings. The second-order valence-corrected chi connectivity index (χ2v) is 6.59. The Hall–Kier alpha value is -0.400. The Kier molecular flexibility index (Phi) is 13.0. The van der Waals surface area contributed by atoms with Crippen LogP contribution in [0, 0.1) is 0 Å². The van der Waals surface area contributed by atoms with Crippen molar-refractivity contribution >= 4 is 37.2 Å². The third-order valence-electron chi connectivity index (χ3n) is 2.51. The van der Waals surface area contributed by atoms with Gasteiger partial charge in [-0.3, -0.25) is 9.59 Å². The highest BCUT2D eigenvalue weighted by molar-refractivity contribution is 7.81. The molecule has 0 bridgehead atoms. The van der Waals surface area contributed by atoms with Gasteiger partial charge in [0, 0.05) is 12.8 Å². The minimum absolute atomic E-state index is 0.189. The Labute approximate surface area is 137 Å². The number of hydrogen-bond acceptors (Lipinski definition) is 7. The van der Waals surface area contributed by atoms with E-state index in [2.05, 4.69) is 25.3 Å². The van der Waals surface area contributed by atoms with Crippen LogP contribution in [0.5, 0.6) is 0 Å². The van der Waals surface area contributed by atoms with Gasteiger partial charge in [-0.15, -0.1) is 0 Å². The van der Waals surface area contributed by atoms with Gasteiger partial charge in [0.15, 0.2) is 0 Å². The number of carbonyl (C=O) groups excluding carboxylic acids is 2. The maximum absolute atomic E-state index is 11.3. The molecule has 21 heavy (non-hydrogen) atoms. The molecule has 0 radical (unpaired) electrons. The lowest BCUT2D eigenvalue weighted by Gasteiger charge is -2.08. The van der Waals surface area contributed by atoms with Gasteiger partial charge in [0.2, 0.25) is 0 Å². The Balaban J connectivity index is 3.32. The smallest absolute Gasteiger partial charge is 0.305 e. The van der Waals surface area contributed by atoms with Gasteiger partial charge in [-0.25, -0.2) is 0 Å². The van der Waals surface area contributed by atoms with Gasteiger partial charge < -0.3 is 14.2 Å². The summed E-state index contributed by atoms with van der Waals surface area (Å²) in [4.78, 5) is 22.5. The van der Waals surface area contributed by atoms with E-state index in [9.17, 15) is 9.59 Å². The average Bonchev–Trinajstić information content (AvgIpc) is 2.41. The van der Waals surface area contributed by atoms with Crippen molar-refractivity contribution in [3.05, 3.63) is 0 Å². The van der Waals surface area contributed by atoms with Crippen LogP contribution in [0.15, 0.2) is 0 Å². The molecule has 5 nitrogen and oxygen atoms in total. The van der Waals surface area contributed by atoms with E-state index in [0.717, 1.165) is 0 Å². The van der Waals surface area contributed by atoms with Crippen molar-refractivity contribution in [2.45, 2.75) is 50.0 Å². The summed E-state index contributed by atoms with van der Waals surface area (Å²) in [6.07, 6.45) is 2.13. The number of ether oxygens (including phenoxy) is 3. The molecule has 0 aliphatic heterocycles. The fraction of sp³-hybridized carbons (Fsp3) is 0.857. The first-order valence-electron chi connectivity index (χ1n) is 7.17. The van der Waals surface area contributed by atoms with Crippen LogP contribution >= 0.6 is 25.3 Å². The second-order valence-electron chi connectivity index (χ2n) is 4.83. The summed E-state index contributed by atoms with van der Waals surface area (Å²) in [6, 6.07) is 0. The molecule has 0 fully saturated rings. The van der Waals surface area contributed by atoms with E-state index in [-0.39, 0.29) is 35.7 Å². The van der Waals surface area contributed by atoms with Crippen molar-refractivity contribution in [3.63, 3.8) is 0 Å². The van der Waals surface area contributed by atoms with Crippen LogP contribution in [0.1, 0.15) is 39.5 Å². The topological polar surface area (TPSA) is 61.8 Å². The first-order chi connectivity index (χ1) is 9.91. The summed E-state index contributed by atoms with van der Waals surface area (Å²) in [6.45, 7) is 4.88. The zero-order valence-electron chi connectivity index (χ0n) is 12.7. The quantitative estimate of drug-likeness (QED) is 0.325. The average molecular weight is 338 g/mol. The Morgan fingerprint density at radius 1 is 0.810 bits per heavy atom. The van der Waals surface area contributed by atoms with Crippen LogP contribution in [0.4, 0.5) is 0 Å². The number of hydrogen-bond donors (Lipinski definition) is 2. The fourth-order valence-corrected chi connectivity index (χ4v) is 1.59. The Morgan fingerprint density at radius 3 is 1.52 bits per heavy atom. The first-order valence-corrected chi connectivity index (χ1v) is 8.20. The highest BCUT2D eigenvalue weighted by Gasteiger charge is 2.06. The van der Waals surface area contributed by atoms with Crippen LogP contribution in [0.25, 0.3) is 0 Å². The van der Waals surface area contributed by atoms with Crippen molar-refractivity contribution in [3.8, 4) is 0 Å². The van der Waals surface area contributed by atoms with Crippen molar-refractivity contribution in [1.82, 2.24) is 0 Å². The third kappa shape index (κ3) is 15.8. The molecular weight excluding hydrogens is 312 g/mol. The van der Waals surface area contributed by atoms with Gasteiger partial charge in [0.05, 0.1) is 13.2 Å².